The van der Waals surface area contributed by atoms with Crippen LogP contribution in [0.3, 0.4) is 0 Å². The van der Waals surface area contributed by atoms with E-state index in [-0.39, 0.29) is 16.8 Å². The number of benzene rings is 1. The second-order valence-corrected chi connectivity index (χ2v) is 5.82. The van der Waals surface area contributed by atoms with Crippen molar-refractivity contribution >= 4 is 17.3 Å². The molecule has 1 fully saturated rings. The molecule has 94 valence electrons. The fourth-order valence-corrected chi connectivity index (χ4v) is 2.35. The predicted octanol–water partition coefficient (Wildman–Crippen LogP) is 3.41. The van der Waals surface area contributed by atoms with Crippen LogP contribution in [0.1, 0.15) is 26.7 Å². The summed E-state index contributed by atoms with van der Waals surface area (Å²) in [5.41, 5.74) is 6.54. The molecule has 1 saturated carbocycles. The Hall–Kier alpha value is -0.800. The summed E-state index contributed by atoms with van der Waals surface area (Å²) in [4.78, 5) is 0. The van der Waals surface area contributed by atoms with Crippen LogP contribution in [0.2, 0.25) is 5.02 Å². The molecule has 0 radical (unpaired) electrons. The van der Waals surface area contributed by atoms with E-state index in [0.29, 0.717) is 17.3 Å². The molecule has 0 bridgehead atoms. The third-order valence-electron chi connectivity index (χ3n) is 4.02. The zero-order valence-corrected chi connectivity index (χ0v) is 10.9. The monoisotopic (exact) mass is 256 g/mol. The lowest BCUT2D eigenvalue weighted by Gasteiger charge is -2.37. The minimum Gasteiger partial charge on any atom is -0.378 e. The highest BCUT2D eigenvalue weighted by molar-refractivity contribution is 6.30. The molecular weight excluding hydrogens is 239 g/mol. The smallest absolute Gasteiger partial charge is 0.126 e. The first-order chi connectivity index (χ1) is 7.88. The first-order valence-electron chi connectivity index (χ1n) is 5.83. The average Bonchev–Trinajstić information content (AvgIpc) is 2.96. The van der Waals surface area contributed by atoms with Gasteiger partial charge in [-0.25, -0.2) is 4.39 Å². The van der Waals surface area contributed by atoms with Crippen LogP contribution in [0.15, 0.2) is 18.2 Å². The highest BCUT2D eigenvalue weighted by Crippen LogP contribution is 2.54. The van der Waals surface area contributed by atoms with Gasteiger partial charge in [-0.05, 0) is 43.4 Å². The van der Waals surface area contributed by atoms with E-state index in [1.165, 1.54) is 12.1 Å². The number of nitrogens with one attached hydrogen (secondary N) is 1. The molecule has 1 aliphatic carbocycles. The third-order valence-corrected chi connectivity index (χ3v) is 4.24. The van der Waals surface area contributed by atoms with Crippen molar-refractivity contribution < 1.29 is 4.39 Å². The molecule has 3 N–H and O–H groups in total. The van der Waals surface area contributed by atoms with E-state index >= 15 is 0 Å². The Balaban J connectivity index is 2.24. The maximum absolute atomic E-state index is 13.3. The highest BCUT2D eigenvalue weighted by Gasteiger charge is 2.52. The number of rotatable bonds is 4. The molecule has 0 aromatic heterocycles. The van der Waals surface area contributed by atoms with Crippen molar-refractivity contribution in [2.45, 2.75) is 32.2 Å². The van der Waals surface area contributed by atoms with Crippen molar-refractivity contribution in [3.63, 3.8) is 0 Å². The predicted molar refractivity (Wildman–Crippen MR) is 69.8 cm³/mol. The number of hydrogen-bond donors (Lipinski definition) is 2. The van der Waals surface area contributed by atoms with Gasteiger partial charge in [0.2, 0.25) is 0 Å². The molecule has 0 aliphatic heterocycles. The van der Waals surface area contributed by atoms with Crippen LogP contribution < -0.4 is 11.1 Å². The normalized spacial score (nSPS) is 20.8. The van der Waals surface area contributed by atoms with Gasteiger partial charge in [0.05, 0.1) is 5.54 Å². The van der Waals surface area contributed by atoms with Gasteiger partial charge in [0, 0.05) is 17.3 Å². The first kappa shape index (κ1) is 12.7. The fraction of sp³-hybridized carbons (Fsp3) is 0.538. The van der Waals surface area contributed by atoms with E-state index in [1.807, 2.05) is 0 Å². The Labute approximate surface area is 106 Å². The molecule has 0 amide bonds. The van der Waals surface area contributed by atoms with E-state index in [0.717, 1.165) is 12.8 Å². The Kier molecular flexibility index (Phi) is 3.08. The zero-order chi connectivity index (χ0) is 12.7. The summed E-state index contributed by atoms with van der Waals surface area (Å²) in [5, 5.41) is 3.74. The molecule has 2 rings (SSSR count). The number of hydrogen-bond acceptors (Lipinski definition) is 2. The number of halogens is 2. The lowest BCUT2D eigenvalue weighted by Crippen LogP contribution is -2.49. The first-order valence-corrected chi connectivity index (χ1v) is 6.21. The molecule has 0 spiro atoms. The average molecular weight is 257 g/mol. The second-order valence-electron chi connectivity index (χ2n) is 5.38. The Bertz CT molecular complexity index is 411. The van der Waals surface area contributed by atoms with E-state index in [1.54, 1.807) is 6.07 Å². The van der Waals surface area contributed by atoms with Gasteiger partial charge in [0.1, 0.15) is 5.82 Å². The number of nitrogens with two attached hydrogens (primary N) is 1. The second kappa shape index (κ2) is 4.14. The van der Waals surface area contributed by atoms with E-state index in [2.05, 4.69) is 19.2 Å². The molecule has 2 nitrogen and oxygen atoms in total. The van der Waals surface area contributed by atoms with Crippen molar-refractivity contribution in [2.75, 3.05) is 11.9 Å². The minimum absolute atomic E-state index is 0.195. The summed E-state index contributed by atoms with van der Waals surface area (Å²) in [5.74, 6) is -0.333. The molecule has 1 aromatic rings. The van der Waals surface area contributed by atoms with Gasteiger partial charge in [0.25, 0.3) is 0 Å². The van der Waals surface area contributed by atoms with Crippen molar-refractivity contribution in [2.24, 2.45) is 11.1 Å². The van der Waals surface area contributed by atoms with Crippen molar-refractivity contribution in [3.8, 4) is 0 Å². The fourth-order valence-electron chi connectivity index (χ4n) is 2.13. The molecule has 0 saturated heterocycles. The van der Waals surface area contributed by atoms with Crippen LogP contribution in [0, 0.1) is 11.2 Å². The van der Waals surface area contributed by atoms with Gasteiger partial charge in [-0.15, -0.1) is 0 Å². The van der Waals surface area contributed by atoms with Crippen LogP contribution in [-0.2, 0) is 0 Å². The maximum atomic E-state index is 13.3. The van der Waals surface area contributed by atoms with Gasteiger partial charge < -0.3 is 11.1 Å². The van der Waals surface area contributed by atoms with Crippen LogP contribution in [-0.4, -0.2) is 12.1 Å². The quantitative estimate of drug-likeness (QED) is 0.866. The summed E-state index contributed by atoms with van der Waals surface area (Å²) in [6.45, 7) is 4.80. The molecule has 1 aromatic carbocycles. The third kappa shape index (κ3) is 2.40. The minimum atomic E-state index is -0.333. The van der Waals surface area contributed by atoms with Crippen LogP contribution >= 0.6 is 11.6 Å². The summed E-state index contributed by atoms with van der Waals surface area (Å²) in [6.07, 6.45) is 2.30. The molecule has 4 heteroatoms. The van der Waals surface area contributed by atoms with Crippen molar-refractivity contribution in [1.82, 2.24) is 0 Å². The van der Waals surface area contributed by atoms with Gasteiger partial charge in [-0.2, -0.15) is 0 Å². The molecule has 1 unspecified atom stereocenters. The number of anilines is 1. The summed E-state index contributed by atoms with van der Waals surface area (Å²) in [6, 6.07) is 4.47. The van der Waals surface area contributed by atoms with Gasteiger partial charge in [-0.1, -0.05) is 18.5 Å². The SMILES string of the molecule is CC1(C(C)(CN)Nc2cc(F)cc(Cl)c2)CC1. The zero-order valence-electron chi connectivity index (χ0n) is 10.2. The topological polar surface area (TPSA) is 38.0 Å². The van der Waals surface area contributed by atoms with Crippen LogP contribution in [0.4, 0.5) is 10.1 Å². The maximum Gasteiger partial charge on any atom is 0.126 e. The van der Waals surface area contributed by atoms with Gasteiger partial charge in [0.15, 0.2) is 0 Å². The van der Waals surface area contributed by atoms with E-state index in [4.69, 9.17) is 17.3 Å². The summed E-state index contributed by atoms with van der Waals surface area (Å²) in [7, 11) is 0. The lowest BCUT2D eigenvalue weighted by molar-refractivity contribution is 0.333. The van der Waals surface area contributed by atoms with Crippen molar-refractivity contribution in [1.29, 1.82) is 0 Å². The van der Waals surface area contributed by atoms with E-state index < -0.39 is 0 Å². The Morgan fingerprint density at radius 1 is 1.47 bits per heavy atom. The summed E-state index contributed by atoms with van der Waals surface area (Å²) < 4.78 is 13.3. The molecule has 17 heavy (non-hydrogen) atoms. The standard InChI is InChI=1S/C13H18ClFN2/c1-12(3-4-12)13(2,8-16)17-11-6-9(14)5-10(15)7-11/h5-7,17H,3-4,8,16H2,1-2H3. The highest BCUT2D eigenvalue weighted by atomic mass is 35.5. The van der Waals surface area contributed by atoms with E-state index in [9.17, 15) is 4.39 Å². The van der Waals surface area contributed by atoms with Crippen molar-refractivity contribution in [3.05, 3.63) is 29.0 Å². The lowest BCUT2D eigenvalue weighted by atomic mass is 9.83. The Morgan fingerprint density at radius 2 is 2.12 bits per heavy atom. The molecular formula is C13H18ClFN2. The van der Waals surface area contributed by atoms with Gasteiger partial charge in [-0.3, -0.25) is 0 Å². The van der Waals surface area contributed by atoms with Crippen LogP contribution in [0.25, 0.3) is 0 Å². The summed E-state index contributed by atoms with van der Waals surface area (Å²) >= 11 is 5.84. The van der Waals surface area contributed by atoms with Gasteiger partial charge >= 0.3 is 0 Å². The molecule has 1 atom stereocenters. The Morgan fingerprint density at radius 3 is 2.59 bits per heavy atom. The molecule has 0 heterocycles. The molecule has 1 aliphatic rings. The largest absolute Gasteiger partial charge is 0.378 e. The van der Waals surface area contributed by atoms with Crippen LogP contribution in [0.5, 0.6) is 0 Å².